The summed E-state index contributed by atoms with van der Waals surface area (Å²) in [6.07, 6.45) is -2.21. The van der Waals surface area contributed by atoms with Gasteiger partial charge in [0.15, 0.2) is 0 Å². The predicted octanol–water partition coefficient (Wildman–Crippen LogP) is 5.97. The molecule has 0 aliphatic carbocycles. The number of hydrogen-bond donors (Lipinski definition) is 0. The summed E-state index contributed by atoms with van der Waals surface area (Å²) in [6, 6.07) is 12.1. The fourth-order valence-corrected chi connectivity index (χ4v) is 3.32. The van der Waals surface area contributed by atoms with Crippen LogP contribution in [0, 0.1) is 0 Å². The van der Waals surface area contributed by atoms with E-state index in [1.54, 1.807) is 28.8 Å². The fourth-order valence-electron chi connectivity index (χ4n) is 2.74. The number of aromatic nitrogens is 4. The number of nitrogens with zero attached hydrogens (tertiary/aromatic N) is 4. The molecule has 0 bridgehead atoms. The maximum absolute atomic E-state index is 13.0. The van der Waals surface area contributed by atoms with Gasteiger partial charge in [-0.3, -0.25) is 4.40 Å². The SMILES string of the molecule is FC(F)(F)c1cc(Oc2ccc(CCOc3ccn4c(Br)nnc4n3)cc2)ccc1Cl. The Morgan fingerprint density at radius 2 is 1.74 bits per heavy atom. The van der Waals surface area contributed by atoms with Crippen molar-refractivity contribution in [3.63, 3.8) is 0 Å². The van der Waals surface area contributed by atoms with E-state index in [1.165, 1.54) is 6.07 Å². The lowest BCUT2D eigenvalue weighted by Crippen LogP contribution is -2.06. The molecule has 2 aromatic carbocycles. The van der Waals surface area contributed by atoms with Gasteiger partial charge in [0.1, 0.15) is 11.5 Å². The van der Waals surface area contributed by atoms with Gasteiger partial charge in [0, 0.05) is 18.7 Å². The molecule has 0 N–H and O–H groups in total. The van der Waals surface area contributed by atoms with Crippen LogP contribution in [0.25, 0.3) is 5.78 Å². The van der Waals surface area contributed by atoms with Crippen LogP contribution in [-0.4, -0.2) is 26.2 Å². The molecule has 0 aliphatic heterocycles. The zero-order chi connectivity index (χ0) is 22.0. The third-order valence-electron chi connectivity index (χ3n) is 4.26. The Morgan fingerprint density at radius 3 is 2.48 bits per heavy atom. The van der Waals surface area contributed by atoms with Crippen molar-refractivity contribution >= 4 is 33.3 Å². The van der Waals surface area contributed by atoms with Crippen LogP contribution in [-0.2, 0) is 12.6 Å². The molecule has 2 heterocycles. The van der Waals surface area contributed by atoms with Gasteiger partial charge in [0.25, 0.3) is 5.78 Å². The van der Waals surface area contributed by atoms with Gasteiger partial charge < -0.3 is 9.47 Å². The summed E-state index contributed by atoms with van der Waals surface area (Å²) in [7, 11) is 0. The van der Waals surface area contributed by atoms with E-state index in [4.69, 9.17) is 21.1 Å². The third kappa shape index (κ3) is 5.08. The van der Waals surface area contributed by atoms with Crippen molar-refractivity contribution in [3.8, 4) is 17.4 Å². The molecule has 0 saturated carbocycles. The first-order valence-corrected chi connectivity index (χ1v) is 10.1. The van der Waals surface area contributed by atoms with Crippen LogP contribution in [0.15, 0.2) is 59.5 Å². The summed E-state index contributed by atoms with van der Waals surface area (Å²) in [5, 5.41) is 7.39. The minimum atomic E-state index is -4.55. The summed E-state index contributed by atoms with van der Waals surface area (Å²) < 4.78 is 52.3. The van der Waals surface area contributed by atoms with Crippen molar-refractivity contribution in [2.24, 2.45) is 0 Å². The van der Waals surface area contributed by atoms with Crippen LogP contribution >= 0.6 is 27.5 Å². The normalized spacial score (nSPS) is 11.6. The highest BCUT2D eigenvalue weighted by atomic mass is 79.9. The molecule has 0 amide bonds. The Bertz CT molecular complexity index is 1220. The van der Waals surface area contributed by atoms with Crippen LogP contribution < -0.4 is 9.47 Å². The van der Waals surface area contributed by atoms with E-state index in [9.17, 15) is 13.2 Å². The summed E-state index contributed by atoms with van der Waals surface area (Å²) in [4.78, 5) is 4.25. The Labute approximate surface area is 187 Å². The van der Waals surface area contributed by atoms with Crippen molar-refractivity contribution in [2.75, 3.05) is 6.61 Å². The summed E-state index contributed by atoms with van der Waals surface area (Å²) in [5.41, 5.74) is 0.0245. The van der Waals surface area contributed by atoms with Crippen LogP contribution in [0.5, 0.6) is 17.4 Å². The van der Waals surface area contributed by atoms with Crippen LogP contribution in [0.3, 0.4) is 0 Å². The molecule has 0 fully saturated rings. The molecule has 11 heteroatoms. The molecular weight excluding hydrogens is 501 g/mol. The molecule has 0 radical (unpaired) electrons. The Kier molecular flexibility index (Phi) is 6.01. The Balaban J connectivity index is 1.35. The highest BCUT2D eigenvalue weighted by Gasteiger charge is 2.33. The topological polar surface area (TPSA) is 61.5 Å². The number of hydrogen-bond acceptors (Lipinski definition) is 5. The van der Waals surface area contributed by atoms with Gasteiger partial charge in [-0.25, -0.2) is 0 Å². The minimum absolute atomic E-state index is 0.0504. The highest BCUT2D eigenvalue weighted by molar-refractivity contribution is 9.10. The van der Waals surface area contributed by atoms with E-state index in [0.29, 0.717) is 35.2 Å². The number of halogens is 5. The molecule has 0 atom stereocenters. The van der Waals surface area contributed by atoms with Gasteiger partial charge in [-0.05, 0) is 51.8 Å². The number of rotatable bonds is 6. The van der Waals surface area contributed by atoms with E-state index in [-0.39, 0.29) is 10.8 Å². The molecule has 0 spiro atoms. The van der Waals surface area contributed by atoms with E-state index in [0.717, 1.165) is 17.7 Å². The van der Waals surface area contributed by atoms with Gasteiger partial charge >= 0.3 is 6.18 Å². The molecular formula is C20H13BrClF3N4O2. The van der Waals surface area contributed by atoms with Gasteiger partial charge in [-0.15, -0.1) is 10.2 Å². The average molecular weight is 514 g/mol. The average Bonchev–Trinajstić information content (AvgIpc) is 3.10. The standard InChI is InChI=1S/C20H13BrClF3N4O2/c21-18-27-28-19-26-17(7-9-29(18)19)30-10-8-12-1-3-13(4-2-12)31-14-5-6-16(22)15(11-14)20(23,24)25/h1-7,9,11H,8,10H2. The molecule has 4 aromatic rings. The van der Waals surface area contributed by atoms with Crippen molar-refractivity contribution < 1.29 is 22.6 Å². The van der Waals surface area contributed by atoms with Crippen molar-refractivity contribution in [3.05, 3.63) is 75.6 Å². The van der Waals surface area contributed by atoms with E-state index in [1.807, 2.05) is 12.1 Å². The van der Waals surface area contributed by atoms with Crippen molar-refractivity contribution in [1.29, 1.82) is 0 Å². The summed E-state index contributed by atoms with van der Waals surface area (Å²) >= 11 is 8.88. The second-order valence-corrected chi connectivity index (χ2v) is 7.51. The van der Waals surface area contributed by atoms with Crippen LogP contribution in [0.4, 0.5) is 13.2 Å². The molecule has 2 aromatic heterocycles. The van der Waals surface area contributed by atoms with E-state index < -0.39 is 11.7 Å². The summed E-state index contributed by atoms with van der Waals surface area (Å²) in [6.45, 7) is 0.380. The van der Waals surface area contributed by atoms with Gasteiger partial charge in [-0.2, -0.15) is 18.2 Å². The molecule has 0 saturated heterocycles. The predicted molar refractivity (Wildman–Crippen MR) is 111 cm³/mol. The molecule has 0 aliphatic rings. The van der Waals surface area contributed by atoms with Crippen LogP contribution in [0.2, 0.25) is 5.02 Å². The Hall–Kier alpha value is -2.85. The monoisotopic (exact) mass is 512 g/mol. The molecule has 0 unspecified atom stereocenters. The zero-order valence-corrected chi connectivity index (χ0v) is 17.9. The van der Waals surface area contributed by atoms with Crippen LogP contribution in [0.1, 0.15) is 11.1 Å². The second-order valence-electron chi connectivity index (χ2n) is 6.39. The van der Waals surface area contributed by atoms with Gasteiger partial charge in [0.2, 0.25) is 10.6 Å². The maximum Gasteiger partial charge on any atom is 0.417 e. The number of alkyl halides is 3. The second kappa shape index (κ2) is 8.72. The number of benzene rings is 2. The quantitative estimate of drug-likeness (QED) is 0.318. The highest BCUT2D eigenvalue weighted by Crippen LogP contribution is 2.37. The Morgan fingerprint density at radius 1 is 1.00 bits per heavy atom. The van der Waals surface area contributed by atoms with Crippen molar-refractivity contribution in [2.45, 2.75) is 12.6 Å². The lowest BCUT2D eigenvalue weighted by molar-refractivity contribution is -0.137. The van der Waals surface area contributed by atoms with Crippen molar-refractivity contribution in [1.82, 2.24) is 19.6 Å². The molecule has 6 nitrogen and oxygen atoms in total. The van der Waals surface area contributed by atoms with Gasteiger partial charge in [-0.1, -0.05) is 23.7 Å². The minimum Gasteiger partial charge on any atom is -0.477 e. The lowest BCUT2D eigenvalue weighted by atomic mass is 10.1. The first kappa shape index (κ1) is 21.4. The first-order valence-electron chi connectivity index (χ1n) is 8.93. The zero-order valence-electron chi connectivity index (χ0n) is 15.6. The number of ether oxygens (including phenoxy) is 2. The van der Waals surface area contributed by atoms with Gasteiger partial charge in [0.05, 0.1) is 17.2 Å². The van der Waals surface area contributed by atoms with E-state index in [2.05, 4.69) is 31.1 Å². The largest absolute Gasteiger partial charge is 0.477 e. The first-order chi connectivity index (χ1) is 14.8. The molecule has 4 rings (SSSR count). The smallest absolute Gasteiger partial charge is 0.417 e. The fraction of sp³-hybridized carbons (Fsp3) is 0.150. The molecule has 31 heavy (non-hydrogen) atoms. The van der Waals surface area contributed by atoms with E-state index >= 15 is 0 Å². The maximum atomic E-state index is 13.0. The third-order valence-corrected chi connectivity index (χ3v) is 5.13. The molecule has 160 valence electrons. The number of fused-ring (bicyclic) bond motifs is 1. The lowest BCUT2D eigenvalue weighted by Gasteiger charge is -2.12. The summed E-state index contributed by atoms with van der Waals surface area (Å²) in [5.74, 6) is 1.30.